The van der Waals surface area contributed by atoms with E-state index in [1.165, 1.54) is 135 Å². The summed E-state index contributed by atoms with van der Waals surface area (Å²) in [6.45, 7) is 4.57. The zero-order valence-corrected chi connectivity index (χ0v) is 29.9. The zero-order valence-electron chi connectivity index (χ0n) is 28.3. The van der Waals surface area contributed by atoms with Gasteiger partial charge in [-0.25, -0.2) is 0 Å². The van der Waals surface area contributed by atoms with Crippen LogP contribution in [-0.2, 0) is 0 Å². The lowest BCUT2D eigenvalue weighted by atomic mass is 9.99. The summed E-state index contributed by atoms with van der Waals surface area (Å²) in [5.41, 5.74) is 1.35. The number of hydroxylamine groups is 3. The maximum absolute atomic E-state index is 13.3. The third-order valence-corrected chi connectivity index (χ3v) is 8.91. The molecule has 0 N–H and O–H groups in total. The Bertz CT molecular complexity index is 945. The van der Waals surface area contributed by atoms with Gasteiger partial charge >= 0.3 is 0 Å². The summed E-state index contributed by atoms with van der Waals surface area (Å²) in [7, 11) is 4.36. The first-order valence-electron chi connectivity index (χ1n) is 17.7. The molecule has 0 aromatic heterocycles. The van der Waals surface area contributed by atoms with Gasteiger partial charge < -0.3 is 21.8 Å². The van der Waals surface area contributed by atoms with Crippen LogP contribution in [0.3, 0.4) is 0 Å². The van der Waals surface area contributed by atoms with Crippen LogP contribution in [0.15, 0.2) is 54.6 Å². The third-order valence-electron chi connectivity index (χ3n) is 8.91. The molecular weight excluding hydrogens is 594 g/mol. The predicted octanol–water partition coefficient (Wildman–Crippen LogP) is 8.89. The number of para-hydroxylation sites is 1. The second-order valence-corrected chi connectivity index (χ2v) is 13.0. The number of nitrogens with zero attached hydrogens (tertiary/aromatic N) is 1. The molecule has 0 heterocycles. The number of ketones is 1. The van der Waals surface area contributed by atoms with Crippen molar-refractivity contribution in [2.75, 3.05) is 14.1 Å². The van der Waals surface area contributed by atoms with E-state index in [9.17, 15) is 4.79 Å². The lowest BCUT2D eigenvalue weighted by molar-refractivity contribution is -1.07. The number of halogens is 1. The normalized spacial score (nSPS) is 12.1. The summed E-state index contributed by atoms with van der Waals surface area (Å²) in [6.07, 6.45) is 28.3. The van der Waals surface area contributed by atoms with Crippen LogP contribution in [0.2, 0.25) is 0 Å². The Morgan fingerprint density at radius 3 is 1.47 bits per heavy atom. The Labute approximate surface area is 276 Å². The van der Waals surface area contributed by atoms with Gasteiger partial charge in [0.05, 0.1) is 5.56 Å². The molecule has 43 heavy (non-hydrogen) atoms. The van der Waals surface area contributed by atoms with Crippen LogP contribution in [0.25, 0.3) is 0 Å². The topological polar surface area (TPSA) is 26.3 Å². The summed E-state index contributed by atoms with van der Waals surface area (Å²) in [4.78, 5) is 20.0. The molecular formula is C39H64BrNO2. The summed E-state index contributed by atoms with van der Waals surface area (Å²) >= 11 is 0. The van der Waals surface area contributed by atoms with Crippen molar-refractivity contribution in [1.29, 1.82) is 0 Å². The second kappa shape index (κ2) is 24.6. The number of carbonyl (C=O) groups is 1. The minimum atomic E-state index is 0. The number of benzene rings is 2. The van der Waals surface area contributed by atoms with Gasteiger partial charge in [0.1, 0.15) is 20.1 Å². The molecule has 0 radical (unpaired) electrons. The molecule has 2 rings (SSSR count). The molecule has 2 aromatic rings. The molecule has 4 heteroatoms. The van der Waals surface area contributed by atoms with Gasteiger partial charge in [0.25, 0.3) is 0 Å². The Morgan fingerprint density at radius 1 is 0.581 bits per heavy atom. The highest BCUT2D eigenvalue weighted by molar-refractivity contribution is 6.10. The van der Waals surface area contributed by atoms with E-state index in [0.717, 1.165) is 0 Å². The second-order valence-electron chi connectivity index (χ2n) is 13.0. The van der Waals surface area contributed by atoms with Crippen LogP contribution < -0.4 is 21.8 Å². The number of hydrogen-bond acceptors (Lipinski definition) is 2. The highest BCUT2D eigenvalue weighted by Gasteiger charge is 2.32. The first-order chi connectivity index (χ1) is 20.5. The van der Waals surface area contributed by atoms with Gasteiger partial charge in [0, 0.05) is 18.4 Å². The van der Waals surface area contributed by atoms with Crippen LogP contribution in [-0.4, -0.2) is 30.6 Å². The monoisotopic (exact) mass is 657 g/mol. The van der Waals surface area contributed by atoms with E-state index >= 15 is 0 Å². The van der Waals surface area contributed by atoms with Gasteiger partial charge in [0.15, 0.2) is 5.78 Å². The van der Waals surface area contributed by atoms with E-state index in [-0.39, 0.29) is 22.8 Å². The quantitative estimate of drug-likeness (QED) is 0.0437. The molecule has 0 spiro atoms. The lowest BCUT2D eigenvalue weighted by Crippen LogP contribution is -3.00. The van der Waals surface area contributed by atoms with Crippen molar-refractivity contribution >= 4 is 5.78 Å². The van der Waals surface area contributed by atoms with E-state index in [0.29, 0.717) is 27.6 Å². The fourth-order valence-electron chi connectivity index (χ4n) is 6.13. The fourth-order valence-corrected chi connectivity index (χ4v) is 6.13. The number of quaternary nitrogens is 1. The molecule has 0 amide bonds. The average Bonchev–Trinajstić information content (AvgIpc) is 3.00. The van der Waals surface area contributed by atoms with Crippen LogP contribution in [0.1, 0.15) is 165 Å². The number of rotatable bonds is 26. The molecule has 244 valence electrons. The predicted molar refractivity (Wildman–Crippen MR) is 181 cm³/mol. The number of hydrogen-bond donors (Lipinski definition) is 0. The van der Waals surface area contributed by atoms with Crippen molar-refractivity contribution in [3.8, 4) is 5.75 Å². The summed E-state index contributed by atoms with van der Waals surface area (Å²) < 4.78 is 0.462. The zero-order chi connectivity index (χ0) is 30.3. The molecule has 0 bridgehead atoms. The van der Waals surface area contributed by atoms with Crippen molar-refractivity contribution in [2.45, 2.75) is 155 Å². The largest absolute Gasteiger partial charge is 1.00 e. The molecule has 2 aromatic carbocycles. The van der Waals surface area contributed by atoms with E-state index in [1.807, 2.05) is 54.6 Å². The van der Waals surface area contributed by atoms with Crippen LogP contribution >= 0.6 is 0 Å². The van der Waals surface area contributed by atoms with E-state index in [4.69, 9.17) is 4.84 Å². The molecule has 0 aliphatic heterocycles. The van der Waals surface area contributed by atoms with Gasteiger partial charge in [-0.15, -0.1) is 4.65 Å². The van der Waals surface area contributed by atoms with E-state index < -0.39 is 0 Å². The van der Waals surface area contributed by atoms with E-state index in [1.54, 1.807) is 0 Å². The van der Waals surface area contributed by atoms with Crippen molar-refractivity contribution in [3.05, 3.63) is 65.7 Å². The Hall–Kier alpha value is -1.65. The van der Waals surface area contributed by atoms with Crippen molar-refractivity contribution < 1.29 is 31.3 Å². The summed E-state index contributed by atoms with van der Waals surface area (Å²) in [5, 5.41) is 0. The highest BCUT2D eigenvalue weighted by Crippen LogP contribution is 2.28. The molecule has 0 saturated carbocycles. The minimum absolute atomic E-state index is 0. The van der Waals surface area contributed by atoms with Crippen molar-refractivity contribution in [2.24, 2.45) is 0 Å². The summed E-state index contributed by atoms with van der Waals surface area (Å²) in [6, 6.07) is 17.7. The Morgan fingerprint density at radius 2 is 0.977 bits per heavy atom. The first-order valence-corrected chi connectivity index (χ1v) is 17.7. The average molecular weight is 659 g/mol. The molecule has 0 fully saturated rings. The molecule has 3 nitrogen and oxygen atoms in total. The standard InChI is InChI=1S/C39H64NO2.BrH/c1-5-7-9-11-12-13-14-15-16-17-18-19-20-21-26-32-36(31-25-10-8-6-2)40(3,4)42-38-34-28-27-33-37(38)39(41)35-29-23-22-24-30-35;/h22-24,27-30,33-34,36H,5-21,25-26,31-32H2,1-4H3;1H/q+1;/p-1. The molecule has 0 aliphatic carbocycles. The minimum Gasteiger partial charge on any atom is -1.00 e. The Kier molecular flexibility index (Phi) is 22.6. The maximum Gasteiger partial charge on any atom is 0.201 e. The third kappa shape index (κ3) is 16.8. The first kappa shape index (κ1) is 39.4. The molecule has 1 unspecified atom stereocenters. The van der Waals surface area contributed by atoms with Gasteiger partial charge in [-0.05, 0) is 25.0 Å². The van der Waals surface area contributed by atoms with Gasteiger partial charge in [-0.2, -0.15) is 0 Å². The summed E-state index contributed by atoms with van der Waals surface area (Å²) in [5.74, 6) is 0.708. The van der Waals surface area contributed by atoms with Crippen LogP contribution in [0.5, 0.6) is 5.75 Å². The fraction of sp³-hybridized carbons (Fsp3) is 0.667. The molecule has 1 atom stereocenters. The van der Waals surface area contributed by atoms with E-state index in [2.05, 4.69) is 27.9 Å². The lowest BCUT2D eigenvalue weighted by Gasteiger charge is -2.36. The van der Waals surface area contributed by atoms with Gasteiger partial charge in [-0.3, -0.25) is 4.79 Å². The van der Waals surface area contributed by atoms with Crippen molar-refractivity contribution in [1.82, 2.24) is 0 Å². The Balaban J connectivity index is 0.00000924. The molecule has 0 aliphatic rings. The highest BCUT2D eigenvalue weighted by atomic mass is 79.9. The van der Waals surface area contributed by atoms with Crippen molar-refractivity contribution in [3.63, 3.8) is 0 Å². The molecule has 0 saturated heterocycles. The SMILES string of the molecule is CCCCCCCCCCCCCCCCCC(CCCCCC)[N+](C)(C)Oc1ccccc1C(=O)c1ccccc1.[Br-]. The number of carbonyl (C=O) groups excluding carboxylic acids is 1. The van der Waals surface area contributed by atoms with Gasteiger partial charge in [-0.1, -0.05) is 165 Å². The van der Waals surface area contributed by atoms with Crippen LogP contribution in [0.4, 0.5) is 0 Å². The van der Waals surface area contributed by atoms with Gasteiger partial charge in [0.2, 0.25) is 5.75 Å². The van der Waals surface area contributed by atoms with Crippen LogP contribution in [0, 0.1) is 0 Å². The number of unbranched alkanes of at least 4 members (excludes halogenated alkanes) is 17. The maximum atomic E-state index is 13.3. The smallest absolute Gasteiger partial charge is 0.201 e.